The third-order valence-electron chi connectivity index (χ3n) is 3.01. The van der Waals surface area contributed by atoms with Crippen molar-refractivity contribution in [1.82, 2.24) is 20.2 Å². The van der Waals surface area contributed by atoms with Crippen LogP contribution in [0.4, 0.5) is 0 Å². The Balaban J connectivity index is 2.15. The number of ether oxygens (including phenoxy) is 1. The zero-order valence-electron chi connectivity index (χ0n) is 11.6. The van der Waals surface area contributed by atoms with E-state index in [4.69, 9.17) is 4.74 Å². The molecule has 0 saturated carbocycles. The fourth-order valence-electron chi connectivity index (χ4n) is 1.63. The summed E-state index contributed by atoms with van der Waals surface area (Å²) in [7, 11) is 1.39. The molecule has 6 nitrogen and oxygen atoms in total. The molecule has 1 aromatic heterocycles. The normalized spacial score (nSPS) is 13.8. The number of aromatic nitrogens is 4. The number of rotatable bonds is 5. The first-order valence-electron chi connectivity index (χ1n) is 6.21. The number of tetrazole rings is 1. The van der Waals surface area contributed by atoms with E-state index >= 15 is 0 Å². The van der Waals surface area contributed by atoms with E-state index in [0.717, 1.165) is 5.69 Å². The summed E-state index contributed by atoms with van der Waals surface area (Å²) in [4.78, 5) is 11.5. The average molecular weight is 292 g/mol. The minimum Gasteiger partial charge on any atom is -0.469 e. The Bertz CT molecular complexity index is 573. The van der Waals surface area contributed by atoms with E-state index in [1.807, 2.05) is 44.2 Å². The van der Waals surface area contributed by atoms with Gasteiger partial charge in [-0.05, 0) is 22.6 Å². The highest BCUT2D eigenvalue weighted by atomic mass is 32.2. The van der Waals surface area contributed by atoms with E-state index in [-0.39, 0.29) is 17.1 Å². The SMILES string of the molecule is COC(=O)C(C)C(C)Sc1nnnn1-c1ccccc1. The van der Waals surface area contributed by atoms with E-state index < -0.39 is 0 Å². The number of hydrogen-bond donors (Lipinski definition) is 0. The Morgan fingerprint density at radius 3 is 2.65 bits per heavy atom. The lowest BCUT2D eigenvalue weighted by Crippen LogP contribution is -2.22. The fraction of sp³-hybridized carbons (Fsp3) is 0.385. The molecule has 0 amide bonds. The molecule has 0 fully saturated rings. The fourth-order valence-corrected chi connectivity index (χ4v) is 2.60. The van der Waals surface area contributed by atoms with Crippen molar-refractivity contribution in [2.45, 2.75) is 24.3 Å². The van der Waals surface area contributed by atoms with Crippen LogP contribution in [0.25, 0.3) is 5.69 Å². The molecule has 0 spiro atoms. The molecule has 0 aliphatic heterocycles. The number of benzene rings is 1. The predicted octanol–water partition coefficient (Wildman–Crippen LogP) is 1.95. The van der Waals surface area contributed by atoms with Crippen LogP contribution >= 0.6 is 11.8 Å². The molecule has 2 rings (SSSR count). The van der Waals surface area contributed by atoms with Gasteiger partial charge in [-0.3, -0.25) is 4.79 Å². The monoisotopic (exact) mass is 292 g/mol. The zero-order valence-corrected chi connectivity index (χ0v) is 12.4. The topological polar surface area (TPSA) is 69.9 Å². The van der Waals surface area contributed by atoms with Gasteiger partial charge >= 0.3 is 5.97 Å². The van der Waals surface area contributed by atoms with E-state index in [2.05, 4.69) is 15.5 Å². The minimum atomic E-state index is -0.233. The quantitative estimate of drug-likeness (QED) is 0.619. The van der Waals surface area contributed by atoms with Gasteiger partial charge in [-0.2, -0.15) is 4.68 Å². The number of nitrogens with zero attached hydrogens (tertiary/aromatic N) is 4. The second-order valence-electron chi connectivity index (χ2n) is 4.34. The van der Waals surface area contributed by atoms with Crippen LogP contribution in [0.1, 0.15) is 13.8 Å². The van der Waals surface area contributed by atoms with Crippen molar-refractivity contribution in [3.8, 4) is 5.69 Å². The van der Waals surface area contributed by atoms with Gasteiger partial charge in [0.15, 0.2) is 0 Å². The molecule has 20 heavy (non-hydrogen) atoms. The Hall–Kier alpha value is -1.89. The molecule has 0 aliphatic carbocycles. The maximum atomic E-state index is 11.5. The van der Waals surface area contributed by atoms with Gasteiger partial charge in [-0.1, -0.05) is 43.8 Å². The average Bonchev–Trinajstić information content (AvgIpc) is 2.94. The summed E-state index contributed by atoms with van der Waals surface area (Å²) in [6.45, 7) is 3.79. The zero-order chi connectivity index (χ0) is 14.5. The maximum absolute atomic E-state index is 11.5. The van der Waals surface area contributed by atoms with Crippen LogP contribution in [-0.2, 0) is 9.53 Å². The van der Waals surface area contributed by atoms with Gasteiger partial charge in [0.05, 0.1) is 18.7 Å². The van der Waals surface area contributed by atoms with Crippen LogP contribution in [-0.4, -0.2) is 38.5 Å². The van der Waals surface area contributed by atoms with Crippen molar-refractivity contribution in [2.24, 2.45) is 5.92 Å². The molecule has 0 radical (unpaired) electrons. The van der Waals surface area contributed by atoms with Crippen molar-refractivity contribution in [3.05, 3.63) is 30.3 Å². The summed E-state index contributed by atoms with van der Waals surface area (Å²) in [6.07, 6.45) is 0. The van der Waals surface area contributed by atoms with Crippen molar-refractivity contribution in [2.75, 3.05) is 7.11 Å². The van der Waals surface area contributed by atoms with E-state index in [9.17, 15) is 4.79 Å². The summed E-state index contributed by atoms with van der Waals surface area (Å²) >= 11 is 1.45. The third kappa shape index (κ3) is 3.16. The van der Waals surface area contributed by atoms with Crippen LogP contribution in [0.15, 0.2) is 35.5 Å². The Morgan fingerprint density at radius 2 is 2.00 bits per heavy atom. The van der Waals surface area contributed by atoms with Gasteiger partial charge in [0.25, 0.3) is 0 Å². The van der Waals surface area contributed by atoms with Crippen molar-refractivity contribution < 1.29 is 9.53 Å². The molecule has 2 aromatic rings. The van der Waals surface area contributed by atoms with E-state index in [1.54, 1.807) is 4.68 Å². The van der Waals surface area contributed by atoms with Gasteiger partial charge in [0, 0.05) is 5.25 Å². The number of carbonyl (C=O) groups excluding carboxylic acids is 1. The first-order valence-corrected chi connectivity index (χ1v) is 7.09. The highest BCUT2D eigenvalue weighted by molar-refractivity contribution is 7.99. The Labute approximate surface area is 121 Å². The number of thioether (sulfide) groups is 1. The van der Waals surface area contributed by atoms with Crippen molar-refractivity contribution >= 4 is 17.7 Å². The number of para-hydroxylation sites is 1. The number of hydrogen-bond acceptors (Lipinski definition) is 6. The summed E-state index contributed by atoms with van der Waals surface area (Å²) in [5, 5.41) is 12.4. The molecule has 1 aromatic carbocycles. The largest absolute Gasteiger partial charge is 0.469 e. The van der Waals surface area contributed by atoms with Gasteiger partial charge < -0.3 is 4.74 Å². The van der Waals surface area contributed by atoms with Crippen LogP contribution in [0.2, 0.25) is 0 Å². The van der Waals surface area contributed by atoms with Crippen LogP contribution in [0.5, 0.6) is 0 Å². The smallest absolute Gasteiger partial charge is 0.309 e. The molecule has 0 bridgehead atoms. The van der Waals surface area contributed by atoms with Gasteiger partial charge in [0.2, 0.25) is 5.16 Å². The molecule has 106 valence electrons. The molecule has 0 saturated heterocycles. The highest BCUT2D eigenvalue weighted by Crippen LogP contribution is 2.27. The summed E-state index contributed by atoms with van der Waals surface area (Å²) in [5.41, 5.74) is 0.887. The van der Waals surface area contributed by atoms with Crippen LogP contribution in [0, 0.1) is 5.92 Å². The van der Waals surface area contributed by atoms with Gasteiger partial charge in [0.1, 0.15) is 0 Å². The van der Waals surface area contributed by atoms with E-state index in [0.29, 0.717) is 5.16 Å². The predicted molar refractivity (Wildman–Crippen MR) is 75.7 cm³/mol. The maximum Gasteiger partial charge on any atom is 0.309 e. The molecular weight excluding hydrogens is 276 g/mol. The number of methoxy groups -OCH3 is 1. The number of esters is 1. The summed E-state index contributed by atoms with van der Waals surface area (Å²) in [6, 6.07) is 9.63. The molecule has 1 heterocycles. The van der Waals surface area contributed by atoms with Crippen LogP contribution < -0.4 is 0 Å². The molecule has 7 heteroatoms. The minimum absolute atomic E-state index is 0.0101. The first kappa shape index (κ1) is 14.5. The third-order valence-corrected chi connectivity index (χ3v) is 4.26. The lowest BCUT2D eigenvalue weighted by Gasteiger charge is -2.16. The molecular formula is C13H16N4O2S. The number of carbonyl (C=O) groups is 1. The standard InChI is InChI=1S/C13H16N4O2S/c1-9(12(18)19-3)10(2)20-13-14-15-16-17(13)11-7-5-4-6-8-11/h4-10H,1-3H3. The Morgan fingerprint density at radius 1 is 1.30 bits per heavy atom. The van der Waals surface area contributed by atoms with Crippen molar-refractivity contribution in [3.63, 3.8) is 0 Å². The second kappa shape index (κ2) is 6.51. The molecule has 2 unspecified atom stereocenters. The first-order chi connectivity index (χ1) is 9.63. The lowest BCUT2D eigenvalue weighted by atomic mass is 10.1. The molecule has 2 atom stereocenters. The lowest BCUT2D eigenvalue weighted by molar-refractivity contribution is -0.144. The second-order valence-corrected chi connectivity index (χ2v) is 5.69. The Kier molecular flexibility index (Phi) is 4.73. The van der Waals surface area contributed by atoms with Gasteiger partial charge in [-0.25, -0.2) is 0 Å². The van der Waals surface area contributed by atoms with Crippen molar-refractivity contribution in [1.29, 1.82) is 0 Å². The molecule has 0 aliphatic rings. The van der Waals surface area contributed by atoms with E-state index in [1.165, 1.54) is 18.9 Å². The molecule has 0 N–H and O–H groups in total. The van der Waals surface area contributed by atoms with Gasteiger partial charge in [-0.15, -0.1) is 5.10 Å². The highest BCUT2D eigenvalue weighted by Gasteiger charge is 2.24. The summed E-state index contributed by atoms with van der Waals surface area (Å²) < 4.78 is 6.41. The van der Waals surface area contributed by atoms with Crippen LogP contribution in [0.3, 0.4) is 0 Å². The summed E-state index contributed by atoms with van der Waals surface area (Å²) in [5.74, 6) is -0.463.